The van der Waals surface area contributed by atoms with E-state index in [2.05, 4.69) is 15.2 Å². The number of amides is 2. The van der Waals surface area contributed by atoms with E-state index in [1.54, 1.807) is 0 Å². The largest absolute Gasteiger partial charge is 0.375 e. The smallest absolute Gasteiger partial charge is 0.263 e. The first kappa shape index (κ1) is 19.6. The van der Waals surface area contributed by atoms with Crippen LogP contribution in [-0.4, -0.2) is 78.6 Å². The monoisotopic (exact) mass is 407 g/mol. The van der Waals surface area contributed by atoms with Gasteiger partial charge in [-0.2, -0.15) is 0 Å². The van der Waals surface area contributed by atoms with Crippen LogP contribution in [0.5, 0.6) is 0 Å². The van der Waals surface area contributed by atoms with Crippen LogP contribution in [0, 0.1) is 11.8 Å². The number of anilines is 1. The van der Waals surface area contributed by atoms with Crippen molar-refractivity contribution in [1.29, 1.82) is 0 Å². The molecule has 9 heteroatoms. The predicted molar refractivity (Wildman–Crippen MR) is 107 cm³/mol. The Hall–Kier alpha value is -1.71. The van der Waals surface area contributed by atoms with Crippen molar-refractivity contribution in [2.45, 2.75) is 31.8 Å². The fraction of sp³-hybridized carbons (Fsp3) is 0.737. The lowest BCUT2D eigenvalue weighted by molar-refractivity contribution is -0.149. The second kappa shape index (κ2) is 8.75. The van der Waals surface area contributed by atoms with Gasteiger partial charge in [-0.3, -0.25) is 9.59 Å². The van der Waals surface area contributed by atoms with E-state index >= 15 is 0 Å². The number of aromatic nitrogens is 1. The van der Waals surface area contributed by atoms with Crippen LogP contribution >= 0.6 is 11.3 Å². The quantitative estimate of drug-likeness (QED) is 0.694. The number of likely N-dealkylation sites (tertiary alicyclic amines) is 1. The zero-order valence-electron chi connectivity index (χ0n) is 16.1. The second-order valence-electron chi connectivity index (χ2n) is 8.19. The third-order valence-corrected chi connectivity index (χ3v) is 6.68. The van der Waals surface area contributed by atoms with Gasteiger partial charge in [0.1, 0.15) is 11.5 Å². The lowest BCUT2D eigenvalue weighted by Crippen LogP contribution is -2.52. The fourth-order valence-corrected chi connectivity index (χ4v) is 4.60. The summed E-state index contributed by atoms with van der Waals surface area (Å²) in [5.74, 6) is 1.35. The number of hydrogen-bond acceptors (Lipinski definition) is 7. The minimum Gasteiger partial charge on any atom is -0.375 e. The molecule has 1 unspecified atom stereocenters. The first-order valence-corrected chi connectivity index (χ1v) is 11.0. The molecular formula is C19H29N5O3S. The van der Waals surface area contributed by atoms with Crippen LogP contribution in [0.25, 0.3) is 0 Å². The maximum atomic E-state index is 12.3. The van der Waals surface area contributed by atoms with E-state index < -0.39 is 0 Å². The average molecular weight is 408 g/mol. The first-order valence-electron chi connectivity index (χ1n) is 10.2. The second-order valence-corrected chi connectivity index (χ2v) is 9.25. The van der Waals surface area contributed by atoms with Crippen molar-refractivity contribution >= 4 is 28.3 Å². The highest BCUT2D eigenvalue weighted by molar-refractivity contribution is 7.17. The van der Waals surface area contributed by atoms with E-state index in [-0.39, 0.29) is 24.5 Å². The van der Waals surface area contributed by atoms with E-state index in [1.807, 2.05) is 4.90 Å². The Kier molecular flexibility index (Phi) is 6.13. The van der Waals surface area contributed by atoms with Gasteiger partial charge in [0, 0.05) is 26.2 Å². The van der Waals surface area contributed by atoms with Gasteiger partial charge in [0.2, 0.25) is 5.91 Å². The molecule has 0 bridgehead atoms. The molecule has 1 aliphatic carbocycles. The highest BCUT2D eigenvalue weighted by atomic mass is 32.1. The summed E-state index contributed by atoms with van der Waals surface area (Å²) >= 11 is 1.16. The Morgan fingerprint density at radius 1 is 1.25 bits per heavy atom. The van der Waals surface area contributed by atoms with Crippen molar-refractivity contribution in [2.75, 3.05) is 51.6 Å². The molecule has 2 amide bonds. The summed E-state index contributed by atoms with van der Waals surface area (Å²) in [5, 5.41) is 3.23. The summed E-state index contributed by atoms with van der Waals surface area (Å²) in [6.07, 6.45) is 6.41. The molecule has 1 aromatic heterocycles. The molecule has 3 fully saturated rings. The van der Waals surface area contributed by atoms with Crippen LogP contribution in [-0.2, 0) is 9.53 Å². The summed E-state index contributed by atoms with van der Waals surface area (Å²) in [6, 6.07) is 0. The fourth-order valence-electron chi connectivity index (χ4n) is 4.00. The van der Waals surface area contributed by atoms with Crippen LogP contribution in [0.4, 0.5) is 5.13 Å². The van der Waals surface area contributed by atoms with E-state index in [1.165, 1.54) is 25.6 Å². The lowest BCUT2D eigenvalue weighted by Gasteiger charge is -2.38. The molecule has 8 nitrogen and oxygen atoms in total. The van der Waals surface area contributed by atoms with Gasteiger partial charge in [-0.05, 0) is 50.6 Å². The number of nitrogens with one attached hydrogen (secondary N) is 1. The van der Waals surface area contributed by atoms with Crippen molar-refractivity contribution in [3.63, 3.8) is 0 Å². The number of piperidine rings is 1. The number of carbonyl (C=O) groups excluding carboxylic acids is 2. The third-order valence-electron chi connectivity index (χ3n) is 5.86. The molecule has 1 atom stereocenters. The van der Waals surface area contributed by atoms with Gasteiger partial charge in [0.05, 0.1) is 12.3 Å². The van der Waals surface area contributed by atoms with Crippen molar-refractivity contribution in [1.82, 2.24) is 20.1 Å². The zero-order valence-corrected chi connectivity index (χ0v) is 17.0. The number of morpholine rings is 1. The number of ether oxygens (including phenoxy) is 1. The minimum absolute atomic E-state index is 0.0539. The van der Waals surface area contributed by atoms with E-state index in [9.17, 15) is 9.59 Å². The number of carbonyl (C=O) groups is 2. The molecule has 0 spiro atoms. The number of nitrogens with two attached hydrogens (primary N) is 1. The van der Waals surface area contributed by atoms with Crippen LogP contribution in [0.15, 0.2) is 6.20 Å². The van der Waals surface area contributed by atoms with Crippen LogP contribution < -0.4 is 11.1 Å². The number of nitrogens with zero attached hydrogens (tertiary/aromatic N) is 3. The SMILES string of the molecule is Nc1ncc(C(=O)NCC2CN(CC3CCN(CC4CC4)CC3)C(=O)CO2)s1. The normalized spacial score (nSPS) is 24.5. The van der Waals surface area contributed by atoms with Crippen LogP contribution in [0.2, 0.25) is 0 Å². The number of hydrogen-bond donors (Lipinski definition) is 2. The standard InChI is InChI=1S/C19H29N5O3S/c20-19-22-8-16(28-19)18(26)21-7-15-11-24(17(25)12-27-15)10-14-3-5-23(6-4-14)9-13-1-2-13/h8,13-15H,1-7,9-12H2,(H2,20,22)(H,21,26). The Morgan fingerprint density at radius 3 is 2.68 bits per heavy atom. The number of rotatable bonds is 7. The molecule has 0 aromatic carbocycles. The van der Waals surface area contributed by atoms with Crippen LogP contribution in [0.1, 0.15) is 35.4 Å². The van der Waals surface area contributed by atoms with Crippen molar-refractivity contribution in [2.24, 2.45) is 11.8 Å². The van der Waals surface area contributed by atoms with Gasteiger partial charge in [-0.25, -0.2) is 4.98 Å². The number of thiazole rings is 1. The molecule has 3 aliphatic rings. The minimum atomic E-state index is -0.204. The molecule has 4 rings (SSSR count). The van der Waals surface area contributed by atoms with Crippen molar-refractivity contribution in [3.8, 4) is 0 Å². The topological polar surface area (TPSA) is 101 Å². The predicted octanol–water partition coefficient (Wildman–Crippen LogP) is 0.805. The molecule has 3 heterocycles. The highest BCUT2D eigenvalue weighted by Gasteiger charge is 2.31. The van der Waals surface area contributed by atoms with Crippen LogP contribution in [0.3, 0.4) is 0 Å². The maximum Gasteiger partial charge on any atom is 0.263 e. The summed E-state index contributed by atoms with van der Waals surface area (Å²) in [6.45, 7) is 5.36. The number of nitrogen functional groups attached to an aromatic ring is 1. The van der Waals surface area contributed by atoms with Gasteiger partial charge in [0.15, 0.2) is 5.13 Å². The van der Waals surface area contributed by atoms with E-state index in [0.29, 0.717) is 29.0 Å². The Bertz CT molecular complexity index is 699. The van der Waals surface area contributed by atoms with Gasteiger partial charge in [0.25, 0.3) is 5.91 Å². The molecule has 0 radical (unpaired) electrons. The summed E-state index contributed by atoms with van der Waals surface area (Å²) in [4.78, 5) is 33.3. The Balaban J connectivity index is 1.21. The van der Waals surface area contributed by atoms with Gasteiger partial charge in [-0.15, -0.1) is 0 Å². The molecule has 2 aliphatic heterocycles. The van der Waals surface area contributed by atoms with Crippen molar-refractivity contribution in [3.05, 3.63) is 11.1 Å². The van der Waals surface area contributed by atoms with Gasteiger partial charge >= 0.3 is 0 Å². The third kappa shape index (κ3) is 5.21. The van der Waals surface area contributed by atoms with Crippen molar-refractivity contribution < 1.29 is 14.3 Å². The first-order chi connectivity index (χ1) is 13.6. The molecular weight excluding hydrogens is 378 g/mol. The van der Waals surface area contributed by atoms with E-state index in [0.717, 1.165) is 49.7 Å². The molecule has 1 aromatic rings. The average Bonchev–Trinajstić information content (AvgIpc) is 3.40. The highest BCUT2D eigenvalue weighted by Crippen LogP contribution is 2.31. The summed E-state index contributed by atoms with van der Waals surface area (Å²) in [7, 11) is 0. The summed E-state index contributed by atoms with van der Waals surface area (Å²) in [5.41, 5.74) is 5.57. The molecule has 28 heavy (non-hydrogen) atoms. The molecule has 1 saturated carbocycles. The van der Waals surface area contributed by atoms with E-state index in [4.69, 9.17) is 10.5 Å². The Morgan fingerprint density at radius 2 is 2.00 bits per heavy atom. The summed E-state index contributed by atoms with van der Waals surface area (Å²) < 4.78 is 5.62. The molecule has 3 N–H and O–H groups in total. The van der Waals surface area contributed by atoms with Gasteiger partial charge < -0.3 is 25.6 Å². The lowest BCUT2D eigenvalue weighted by atomic mass is 9.95. The molecule has 2 saturated heterocycles. The Labute approximate surface area is 169 Å². The molecule has 154 valence electrons. The van der Waals surface area contributed by atoms with Gasteiger partial charge in [-0.1, -0.05) is 11.3 Å². The maximum absolute atomic E-state index is 12.3. The zero-order chi connectivity index (χ0) is 19.5.